The van der Waals surface area contributed by atoms with E-state index < -0.39 is 0 Å². The number of rotatable bonds is 5. The Morgan fingerprint density at radius 2 is 0.897 bits per heavy atom. The van der Waals surface area contributed by atoms with Gasteiger partial charge in [0.1, 0.15) is 5.82 Å². The van der Waals surface area contributed by atoms with Gasteiger partial charge in [-0.15, -0.1) is 0 Å². The van der Waals surface area contributed by atoms with Gasteiger partial charge in [0.2, 0.25) is 0 Å². The van der Waals surface area contributed by atoms with Gasteiger partial charge in [-0.1, -0.05) is 103 Å². The zero-order valence-electron chi connectivity index (χ0n) is 21.6. The molecule has 7 aromatic rings. The van der Waals surface area contributed by atoms with Gasteiger partial charge in [-0.25, -0.2) is 15.0 Å². The van der Waals surface area contributed by atoms with E-state index >= 15 is 0 Å². The van der Waals surface area contributed by atoms with Gasteiger partial charge >= 0.3 is 0 Å². The molecule has 0 fully saturated rings. The van der Waals surface area contributed by atoms with Crippen molar-refractivity contribution in [3.05, 3.63) is 127 Å². The third-order valence-electron chi connectivity index (χ3n) is 7.22. The van der Waals surface area contributed by atoms with Crippen molar-refractivity contribution in [2.24, 2.45) is 0 Å². The van der Waals surface area contributed by atoms with E-state index in [1.54, 1.807) is 0 Å². The second-order valence-corrected chi connectivity index (χ2v) is 9.60. The van der Waals surface area contributed by atoms with Crippen LogP contribution in [0.1, 0.15) is 6.92 Å². The minimum absolute atomic E-state index is 0.877. The molecule has 0 aliphatic rings. The molecule has 0 aliphatic heterocycles. The van der Waals surface area contributed by atoms with E-state index in [2.05, 4.69) is 90.4 Å². The molecular weight excluding hydrogens is 476 g/mol. The largest absolute Gasteiger partial charge is 0.324 e. The van der Waals surface area contributed by atoms with Crippen LogP contribution >= 0.6 is 0 Å². The lowest BCUT2D eigenvalue weighted by Crippen LogP contribution is -1.97. The molecule has 39 heavy (non-hydrogen) atoms. The van der Waals surface area contributed by atoms with Gasteiger partial charge in [-0.2, -0.15) is 0 Å². The number of nitrogens with zero attached hydrogens (tertiary/aromatic N) is 4. The van der Waals surface area contributed by atoms with E-state index in [0.29, 0.717) is 0 Å². The smallest absolute Gasteiger partial charge is 0.141 e. The zero-order chi connectivity index (χ0) is 26.2. The Bertz CT molecular complexity index is 1920. The van der Waals surface area contributed by atoms with Gasteiger partial charge < -0.3 is 4.57 Å². The summed E-state index contributed by atoms with van der Waals surface area (Å²) in [6, 6.07) is 43.9. The lowest BCUT2D eigenvalue weighted by molar-refractivity contribution is 0.796. The topological polar surface area (TPSA) is 43.6 Å². The molecule has 0 saturated heterocycles. The van der Waals surface area contributed by atoms with Gasteiger partial charge in [0, 0.05) is 23.2 Å². The highest BCUT2D eigenvalue weighted by atomic mass is 15.1. The van der Waals surface area contributed by atoms with Crippen LogP contribution in [-0.4, -0.2) is 19.5 Å². The summed E-state index contributed by atoms with van der Waals surface area (Å²) in [4.78, 5) is 14.9. The van der Waals surface area contributed by atoms with Gasteiger partial charge in [0.25, 0.3) is 0 Å². The first-order valence-corrected chi connectivity index (χ1v) is 13.3. The molecule has 0 atom stereocenters. The van der Waals surface area contributed by atoms with Crippen molar-refractivity contribution in [2.75, 3.05) is 0 Å². The molecule has 7 rings (SSSR count). The third kappa shape index (κ3) is 4.16. The Morgan fingerprint density at radius 1 is 0.436 bits per heavy atom. The standard InChI is InChI=1S/C35H26N4/c1-2-39-32-15-9-8-14-31(32)38-35(39)28-22-18-25(19-23-28)24-16-20-27(21-17-24)34-33(26-10-4-3-5-11-26)36-29-12-6-7-13-30(29)37-34/h3-23H,2H2,1H3. The van der Waals surface area contributed by atoms with Crippen molar-refractivity contribution in [1.82, 2.24) is 19.5 Å². The predicted molar refractivity (Wildman–Crippen MR) is 160 cm³/mol. The molecule has 5 aromatic carbocycles. The Morgan fingerprint density at radius 3 is 1.49 bits per heavy atom. The van der Waals surface area contributed by atoms with Crippen LogP contribution in [0.2, 0.25) is 0 Å². The van der Waals surface area contributed by atoms with Crippen molar-refractivity contribution in [3.63, 3.8) is 0 Å². The van der Waals surface area contributed by atoms with Crippen molar-refractivity contribution in [2.45, 2.75) is 13.5 Å². The fourth-order valence-electron chi connectivity index (χ4n) is 5.25. The summed E-state index contributed by atoms with van der Waals surface area (Å²) in [5, 5.41) is 0. The average molecular weight is 503 g/mol. The second-order valence-electron chi connectivity index (χ2n) is 9.60. The first kappa shape index (κ1) is 23.1. The molecule has 4 nitrogen and oxygen atoms in total. The van der Waals surface area contributed by atoms with E-state index in [4.69, 9.17) is 15.0 Å². The maximum atomic E-state index is 5.03. The molecule has 0 N–H and O–H groups in total. The molecule has 0 unspecified atom stereocenters. The number of hydrogen-bond acceptors (Lipinski definition) is 3. The first-order chi connectivity index (χ1) is 19.3. The summed E-state index contributed by atoms with van der Waals surface area (Å²) in [7, 11) is 0. The fourth-order valence-corrected chi connectivity index (χ4v) is 5.25. The number of fused-ring (bicyclic) bond motifs is 2. The average Bonchev–Trinajstić information content (AvgIpc) is 3.40. The first-order valence-electron chi connectivity index (χ1n) is 13.3. The number of para-hydroxylation sites is 4. The number of benzene rings is 5. The molecule has 2 aromatic heterocycles. The summed E-state index contributed by atoms with van der Waals surface area (Å²) in [6.45, 7) is 3.04. The van der Waals surface area contributed by atoms with Crippen LogP contribution in [-0.2, 0) is 6.54 Å². The van der Waals surface area contributed by atoms with Gasteiger partial charge in [0.05, 0.1) is 33.5 Å². The normalized spacial score (nSPS) is 11.3. The van der Waals surface area contributed by atoms with E-state index in [-0.39, 0.29) is 0 Å². The van der Waals surface area contributed by atoms with E-state index in [1.165, 1.54) is 5.52 Å². The summed E-state index contributed by atoms with van der Waals surface area (Å²) in [6.07, 6.45) is 0. The Kier molecular flexibility index (Phi) is 5.71. The van der Waals surface area contributed by atoms with E-state index in [1.807, 2.05) is 48.5 Å². The lowest BCUT2D eigenvalue weighted by atomic mass is 9.99. The molecule has 0 aliphatic carbocycles. The summed E-state index contributed by atoms with van der Waals surface area (Å²) in [5.41, 5.74) is 11.3. The molecule has 0 bridgehead atoms. The highest BCUT2D eigenvalue weighted by molar-refractivity contribution is 5.87. The number of aryl methyl sites for hydroxylation is 1. The van der Waals surface area contributed by atoms with Crippen LogP contribution in [0.15, 0.2) is 127 Å². The highest BCUT2D eigenvalue weighted by Crippen LogP contribution is 2.33. The zero-order valence-corrected chi connectivity index (χ0v) is 21.6. The van der Waals surface area contributed by atoms with Gasteiger partial charge in [0.15, 0.2) is 0 Å². The maximum Gasteiger partial charge on any atom is 0.141 e. The number of hydrogen-bond donors (Lipinski definition) is 0. The molecule has 0 spiro atoms. The Labute approximate surface area is 227 Å². The molecule has 2 heterocycles. The minimum Gasteiger partial charge on any atom is -0.324 e. The predicted octanol–water partition coefficient (Wildman–Crippen LogP) is 8.67. The van der Waals surface area contributed by atoms with E-state index in [0.717, 1.165) is 68.1 Å². The van der Waals surface area contributed by atoms with Crippen LogP contribution in [0.4, 0.5) is 0 Å². The number of imidazole rings is 1. The van der Waals surface area contributed by atoms with Crippen molar-refractivity contribution < 1.29 is 0 Å². The highest BCUT2D eigenvalue weighted by Gasteiger charge is 2.14. The van der Waals surface area contributed by atoms with Crippen LogP contribution in [0, 0.1) is 0 Å². The van der Waals surface area contributed by atoms with E-state index in [9.17, 15) is 0 Å². The van der Waals surface area contributed by atoms with Crippen molar-refractivity contribution in [3.8, 4) is 45.0 Å². The summed E-state index contributed by atoms with van der Waals surface area (Å²) in [5.74, 6) is 1.00. The van der Waals surface area contributed by atoms with Crippen molar-refractivity contribution >= 4 is 22.1 Å². The molecule has 186 valence electrons. The summed E-state index contributed by atoms with van der Waals surface area (Å²) < 4.78 is 2.27. The monoisotopic (exact) mass is 502 g/mol. The molecule has 0 amide bonds. The maximum absolute atomic E-state index is 5.03. The molecule has 0 radical (unpaired) electrons. The van der Waals surface area contributed by atoms with Crippen LogP contribution in [0.5, 0.6) is 0 Å². The quantitative estimate of drug-likeness (QED) is 0.236. The Hall–Kier alpha value is -5.09. The summed E-state index contributed by atoms with van der Waals surface area (Å²) >= 11 is 0. The van der Waals surface area contributed by atoms with Crippen LogP contribution in [0.25, 0.3) is 67.1 Å². The number of aromatic nitrogens is 4. The van der Waals surface area contributed by atoms with Crippen molar-refractivity contribution in [1.29, 1.82) is 0 Å². The second kappa shape index (κ2) is 9.66. The molecule has 0 saturated carbocycles. The Balaban J connectivity index is 1.24. The molecular formula is C35H26N4. The van der Waals surface area contributed by atoms with Crippen LogP contribution < -0.4 is 0 Å². The van der Waals surface area contributed by atoms with Crippen LogP contribution in [0.3, 0.4) is 0 Å². The molecule has 4 heteroatoms. The fraction of sp³-hybridized carbons (Fsp3) is 0.0571. The SMILES string of the molecule is CCn1c(-c2ccc(-c3ccc(-c4nc5ccccc5nc4-c4ccccc4)cc3)cc2)nc2ccccc21. The third-order valence-corrected chi connectivity index (χ3v) is 7.22. The lowest BCUT2D eigenvalue weighted by Gasteiger charge is -2.11. The minimum atomic E-state index is 0.877. The van der Waals surface area contributed by atoms with Gasteiger partial charge in [-0.3, -0.25) is 0 Å². The van der Waals surface area contributed by atoms with Gasteiger partial charge in [-0.05, 0) is 42.3 Å².